The van der Waals surface area contributed by atoms with Crippen molar-refractivity contribution in [1.82, 2.24) is 4.98 Å². The van der Waals surface area contributed by atoms with Crippen LogP contribution in [0.1, 0.15) is 12.6 Å². The number of ether oxygens (including phenoxy) is 1. The van der Waals surface area contributed by atoms with Crippen LogP contribution in [0.15, 0.2) is 36.4 Å². The van der Waals surface area contributed by atoms with Gasteiger partial charge in [-0.15, -0.1) is 0 Å². The molecule has 0 unspecified atom stereocenters. The molecule has 0 spiro atoms. The lowest BCUT2D eigenvalue weighted by molar-refractivity contribution is 0.131. The van der Waals surface area contributed by atoms with E-state index in [0.29, 0.717) is 18.9 Å². The summed E-state index contributed by atoms with van der Waals surface area (Å²) >= 11 is 0. The van der Waals surface area contributed by atoms with Gasteiger partial charge in [0.1, 0.15) is 5.82 Å². The van der Waals surface area contributed by atoms with E-state index in [2.05, 4.69) is 4.98 Å². The van der Waals surface area contributed by atoms with E-state index in [9.17, 15) is 4.39 Å². The lowest BCUT2D eigenvalue weighted by atomic mass is 10.1. The third kappa shape index (κ3) is 2.31. The Morgan fingerprint density at radius 3 is 2.69 bits per heavy atom. The Balaban J connectivity index is 2.25. The van der Waals surface area contributed by atoms with Crippen LogP contribution in [-0.4, -0.2) is 11.6 Å². The molecule has 2 aromatic rings. The summed E-state index contributed by atoms with van der Waals surface area (Å²) in [4.78, 5) is 3.03. The first kappa shape index (κ1) is 10.9. The second kappa shape index (κ2) is 4.94. The third-order valence-corrected chi connectivity index (χ3v) is 2.35. The van der Waals surface area contributed by atoms with Crippen LogP contribution in [0.5, 0.6) is 0 Å². The van der Waals surface area contributed by atoms with E-state index in [4.69, 9.17) is 4.74 Å². The fourth-order valence-electron chi connectivity index (χ4n) is 1.59. The molecule has 0 fully saturated rings. The molecular formula is C13H14FNO. The number of hydrogen-bond acceptors (Lipinski definition) is 1. The minimum absolute atomic E-state index is 0.235. The topological polar surface area (TPSA) is 25.0 Å². The molecule has 3 heteroatoms. The average molecular weight is 219 g/mol. The van der Waals surface area contributed by atoms with Crippen LogP contribution >= 0.6 is 0 Å². The van der Waals surface area contributed by atoms with Crippen LogP contribution in [0.4, 0.5) is 4.39 Å². The van der Waals surface area contributed by atoms with E-state index >= 15 is 0 Å². The highest BCUT2D eigenvalue weighted by atomic mass is 19.1. The Bertz CT molecular complexity index is 450. The van der Waals surface area contributed by atoms with Crippen LogP contribution in [0.2, 0.25) is 0 Å². The highest BCUT2D eigenvalue weighted by molar-refractivity contribution is 5.60. The van der Waals surface area contributed by atoms with Crippen molar-refractivity contribution >= 4 is 0 Å². The molecule has 0 bridgehead atoms. The maximum Gasteiger partial charge on any atom is 0.149 e. The van der Waals surface area contributed by atoms with Gasteiger partial charge in [-0.1, -0.05) is 30.3 Å². The highest BCUT2D eigenvalue weighted by Gasteiger charge is 2.09. The number of benzene rings is 1. The van der Waals surface area contributed by atoms with Crippen molar-refractivity contribution < 1.29 is 9.13 Å². The number of rotatable bonds is 4. The summed E-state index contributed by atoms with van der Waals surface area (Å²) in [5.41, 5.74) is 2.14. The molecule has 84 valence electrons. The lowest BCUT2D eigenvalue weighted by Gasteiger charge is -1.99. The second-order valence-corrected chi connectivity index (χ2v) is 3.52. The van der Waals surface area contributed by atoms with Crippen molar-refractivity contribution in [3.05, 3.63) is 47.9 Å². The quantitative estimate of drug-likeness (QED) is 0.838. The van der Waals surface area contributed by atoms with Crippen molar-refractivity contribution in [3.63, 3.8) is 0 Å². The maximum absolute atomic E-state index is 13.6. The number of aromatic amines is 1. The van der Waals surface area contributed by atoms with Crippen molar-refractivity contribution in [2.45, 2.75) is 13.5 Å². The second-order valence-electron chi connectivity index (χ2n) is 3.52. The number of H-pyrrole nitrogens is 1. The van der Waals surface area contributed by atoms with Crippen LogP contribution in [-0.2, 0) is 11.3 Å². The number of aromatic nitrogens is 1. The maximum atomic E-state index is 13.6. The zero-order valence-corrected chi connectivity index (χ0v) is 9.16. The Morgan fingerprint density at radius 2 is 2.00 bits per heavy atom. The summed E-state index contributed by atoms with van der Waals surface area (Å²) < 4.78 is 18.9. The summed E-state index contributed by atoms with van der Waals surface area (Å²) in [6.45, 7) is 2.96. The SMILES string of the molecule is CCOCc1cc(F)c(-c2ccccc2)[nH]1. The van der Waals surface area contributed by atoms with Gasteiger partial charge in [-0.2, -0.15) is 0 Å². The van der Waals surface area contributed by atoms with E-state index in [1.165, 1.54) is 6.07 Å². The van der Waals surface area contributed by atoms with Gasteiger partial charge in [0.05, 0.1) is 12.3 Å². The molecule has 1 N–H and O–H groups in total. The molecule has 2 rings (SSSR count). The summed E-state index contributed by atoms with van der Waals surface area (Å²) in [6, 6.07) is 10.9. The van der Waals surface area contributed by atoms with E-state index in [0.717, 1.165) is 11.3 Å². The van der Waals surface area contributed by atoms with Crippen molar-refractivity contribution in [1.29, 1.82) is 0 Å². The van der Waals surface area contributed by atoms with Gasteiger partial charge >= 0.3 is 0 Å². The van der Waals surface area contributed by atoms with Gasteiger partial charge in [-0.25, -0.2) is 4.39 Å². The first-order valence-corrected chi connectivity index (χ1v) is 5.32. The van der Waals surface area contributed by atoms with Crippen LogP contribution < -0.4 is 0 Å². The Morgan fingerprint density at radius 1 is 1.25 bits per heavy atom. The molecular weight excluding hydrogens is 205 g/mol. The minimum atomic E-state index is -0.235. The molecule has 1 heterocycles. The van der Waals surface area contributed by atoms with Gasteiger partial charge in [-0.05, 0) is 13.0 Å². The van der Waals surface area contributed by atoms with Gasteiger partial charge in [0.25, 0.3) is 0 Å². The molecule has 0 saturated carbocycles. The number of halogens is 1. The van der Waals surface area contributed by atoms with Crippen LogP contribution in [0.25, 0.3) is 11.3 Å². The monoisotopic (exact) mass is 219 g/mol. The molecule has 0 aliphatic carbocycles. The minimum Gasteiger partial charge on any atom is -0.376 e. The molecule has 0 atom stereocenters. The van der Waals surface area contributed by atoms with E-state index in [1.54, 1.807) is 0 Å². The number of nitrogens with one attached hydrogen (secondary N) is 1. The number of hydrogen-bond donors (Lipinski definition) is 1. The fourth-order valence-corrected chi connectivity index (χ4v) is 1.59. The van der Waals surface area contributed by atoms with Gasteiger partial charge in [-0.3, -0.25) is 0 Å². The summed E-state index contributed by atoms with van der Waals surface area (Å²) in [7, 11) is 0. The average Bonchev–Trinajstić information content (AvgIpc) is 2.69. The molecule has 1 aromatic heterocycles. The standard InChI is InChI=1S/C13H14FNO/c1-2-16-9-11-8-12(14)13(15-11)10-6-4-3-5-7-10/h3-8,15H,2,9H2,1H3. The Hall–Kier alpha value is -1.61. The van der Waals surface area contributed by atoms with E-state index in [1.807, 2.05) is 37.3 Å². The van der Waals surface area contributed by atoms with Gasteiger partial charge in [0, 0.05) is 17.9 Å². The van der Waals surface area contributed by atoms with Gasteiger partial charge in [0.15, 0.2) is 0 Å². The normalized spacial score (nSPS) is 10.6. The molecule has 1 aromatic carbocycles. The Labute approximate surface area is 94.1 Å². The smallest absolute Gasteiger partial charge is 0.149 e. The molecule has 0 amide bonds. The molecule has 0 radical (unpaired) electrons. The molecule has 0 saturated heterocycles. The summed E-state index contributed by atoms with van der Waals surface area (Å²) in [5, 5.41) is 0. The largest absolute Gasteiger partial charge is 0.376 e. The van der Waals surface area contributed by atoms with Crippen LogP contribution in [0.3, 0.4) is 0 Å². The van der Waals surface area contributed by atoms with Crippen molar-refractivity contribution in [2.75, 3.05) is 6.61 Å². The molecule has 16 heavy (non-hydrogen) atoms. The summed E-state index contributed by atoms with van der Waals surface area (Å²) in [5.74, 6) is -0.235. The van der Waals surface area contributed by atoms with Crippen molar-refractivity contribution in [3.8, 4) is 11.3 Å². The third-order valence-electron chi connectivity index (χ3n) is 2.35. The van der Waals surface area contributed by atoms with E-state index in [-0.39, 0.29) is 5.82 Å². The van der Waals surface area contributed by atoms with Gasteiger partial charge < -0.3 is 9.72 Å². The first-order valence-electron chi connectivity index (χ1n) is 5.32. The van der Waals surface area contributed by atoms with E-state index < -0.39 is 0 Å². The highest BCUT2D eigenvalue weighted by Crippen LogP contribution is 2.22. The molecule has 0 aliphatic rings. The zero-order chi connectivity index (χ0) is 11.4. The fraction of sp³-hybridized carbons (Fsp3) is 0.231. The molecule has 2 nitrogen and oxygen atoms in total. The predicted octanol–water partition coefficient (Wildman–Crippen LogP) is 3.36. The lowest BCUT2D eigenvalue weighted by Crippen LogP contribution is -1.91. The zero-order valence-electron chi connectivity index (χ0n) is 9.16. The first-order chi connectivity index (χ1) is 7.81. The van der Waals surface area contributed by atoms with Crippen LogP contribution in [0, 0.1) is 5.82 Å². The molecule has 0 aliphatic heterocycles. The van der Waals surface area contributed by atoms with Crippen molar-refractivity contribution in [2.24, 2.45) is 0 Å². The Kier molecular flexibility index (Phi) is 3.37. The predicted molar refractivity (Wildman–Crippen MR) is 61.5 cm³/mol. The summed E-state index contributed by atoms with van der Waals surface area (Å²) in [6.07, 6.45) is 0. The van der Waals surface area contributed by atoms with Gasteiger partial charge in [0.2, 0.25) is 0 Å².